The molecule has 0 spiro atoms. The smallest absolute Gasteiger partial charge is 0.175 e. The van der Waals surface area contributed by atoms with E-state index < -0.39 is 9.84 Å². The molecule has 14 heavy (non-hydrogen) atoms. The van der Waals surface area contributed by atoms with Gasteiger partial charge in [0, 0.05) is 6.26 Å². The summed E-state index contributed by atoms with van der Waals surface area (Å²) in [5, 5.41) is 0. The molecule has 0 bridgehead atoms. The third-order valence-electron chi connectivity index (χ3n) is 2.03. The van der Waals surface area contributed by atoms with Crippen molar-refractivity contribution in [2.75, 3.05) is 12.8 Å². The summed E-state index contributed by atoms with van der Waals surface area (Å²) in [7, 11) is -3.13. The van der Waals surface area contributed by atoms with Gasteiger partial charge in [-0.3, -0.25) is 0 Å². The van der Waals surface area contributed by atoms with E-state index in [9.17, 15) is 8.42 Å². The van der Waals surface area contributed by atoms with Gasteiger partial charge in [0.2, 0.25) is 0 Å². The minimum atomic E-state index is -3.13. The maximum absolute atomic E-state index is 11.4. The van der Waals surface area contributed by atoms with E-state index in [4.69, 9.17) is 5.73 Å². The average Bonchev–Trinajstić information content (AvgIpc) is 2.02. The highest BCUT2D eigenvalue weighted by atomic mass is 32.2. The van der Waals surface area contributed by atoms with Crippen LogP contribution in [0, 0.1) is 6.92 Å². The summed E-state index contributed by atoms with van der Waals surface area (Å²) in [6.45, 7) is 2.40. The van der Waals surface area contributed by atoms with Crippen LogP contribution in [0.5, 0.6) is 0 Å². The van der Waals surface area contributed by atoms with E-state index in [-0.39, 0.29) is 0 Å². The van der Waals surface area contributed by atoms with Crippen LogP contribution in [0.2, 0.25) is 0 Å². The highest BCUT2D eigenvalue weighted by Gasteiger charge is 2.12. The largest absolute Gasteiger partial charge is 0.330 e. The number of rotatable bonds is 3. The van der Waals surface area contributed by atoms with Crippen molar-refractivity contribution in [2.24, 2.45) is 5.73 Å². The molecule has 0 unspecified atom stereocenters. The molecule has 0 radical (unpaired) electrons. The molecule has 0 aliphatic rings. The van der Waals surface area contributed by atoms with Gasteiger partial charge in [0.1, 0.15) is 0 Å². The molecule has 1 rings (SSSR count). The predicted octanol–water partition coefficient (Wildman–Crippen LogP) is 0.900. The first-order valence-corrected chi connectivity index (χ1v) is 6.34. The quantitative estimate of drug-likeness (QED) is 0.811. The molecule has 0 saturated heterocycles. The normalized spacial score (nSPS) is 11.6. The molecular weight excluding hydrogens is 198 g/mol. The summed E-state index contributed by atoms with van der Waals surface area (Å²) in [6, 6.07) is 5.33. The Kier molecular flexibility index (Phi) is 3.29. The summed E-state index contributed by atoms with van der Waals surface area (Å²) in [5.41, 5.74) is 7.30. The summed E-state index contributed by atoms with van der Waals surface area (Å²) in [5.74, 6) is 0. The molecule has 4 heteroatoms. The molecule has 0 atom stereocenters. The summed E-state index contributed by atoms with van der Waals surface area (Å²) >= 11 is 0. The first-order chi connectivity index (χ1) is 6.45. The summed E-state index contributed by atoms with van der Waals surface area (Å²) < 4.78 is 22.8. The molecule has 78 valence electrons. The third kappa shape index (κ3) is 2.56. The van der Waals surface area contributed by atoms with Crippen LogP contribution in [0.15, 0.2) is 23.1 Å². The molecule has 0 saturated carbocycles. The topological polar surface area (TPSA) is 60.2 Å². The second-order valence-corrected chi connectivity index (χ2v) is 5.41. The van der Waals surface area contributed by atoms with Gasteiger partial charge in [0.15, 0.2) is 9.84 Å². The fourth-order valence-electron chi connectivity index (χ4n) is 1.42. The number of aryl methyl sites for hydroxylation is 1. The maximum atomic E-state index is 11.4. The van der Waals surface area contributed by atoms with Crippen LogP contribution in [-0.2, 0) is 16.3 Å². The lowest BCUT2D eigenvalue weighted by Gasteiger charge is -2.07. The Balaban J connectivity index is 3.29. The van der Waals surface area contributed by atoms with Gasteiger partial charge in [-0.25, -0.2) is 8.42 Å². The van der Waals surface area contributed by atoms with Crippen LogP contribution in [0.3, 0.4) is 0 Å². The Morgan fingerprint density at radius 2 is 2.00 bits per heavy atom. The average molecular weight is 213 g/mol. The zero-order chi connectivity index (χ0) is 10.8. The van der Waals surface area contributed by atoms with Crippen LogP contribution >= 0.6 is 0 Å². The molecule has 0 aromatic heterocycles. The Morgan fingerprint density at radius 3 is 2.50 bits per heavy atom. The van der Waals surface area contributed by atoms with Crippen molar-refractivity contribution in [3.8, 4) is 0 Å². The zero-order valence-corrected chi connectivity index (χ0v) is 9.26. The Bertz CT molecular complexity index is 424. The van der Waals surface area contributed by atoms with Gasteiger partial charge in [-0.2, -0.15) is 0 Å². The molecule has 1 aromatic carbocycles. The number of hydrogen-bond acceptors (Lipinski definition) is 3. The van der Waals surface area contributed by atoms with E-state index in [0.717, 1.165) is 11.1 Å². The number of benzene rings is 1. The van der Waals surface area contributed by atoms with Crippen molar-refractivity contribution in [3.05, 3.63) is 29.3 Å². The second kappa shape index (κ2) is 4.11. The zero-order valence-electron chi connectivity index (χ0n) is 8.45. The predicted molar refractivity (Wildman–Crippen MR) is 57.0 cm³/mol. The van der Waals surface area contributed by atoms with E-state index >= 15 is 0 Å². The number of sulfone groups is 1. The molecule has 0 fully saturated rings. The minimum absolute atomic E-state index is 0.397. The Hall–Kier alpha value is -0.870. The van der Waals surface area contributed by atoms with Gasteiger partial charge in [-0.15, -0.1) is 0 Å². The van der Waals surface area contributed by atoms with E-state index in [1.165, 1.54) is 6.26 Å². The number of hydrogen-bond donors (Lipinski definition) is 1. The number of nitrogens with two attached hydrogens (primary N) is 1. The van der Waals surface area contributed by atoms with Crippen molar-refractivity contribution in [2.45, 2.75) is 18.2 Å². The van der Waals surface area contributed by atoms with Gasteiger partial charge in [0.05, 0.1) is 4.90 Å². The van der Waals surface area contributed by atoms with Gasteiger partial charge in [-0.1, -0.05) is 17.7 Å². The standard InChI is InChI=1S/C10H15NO2S/c1-8-3-4-10(14(2,12)13)9(7-8)5-6-11/h3-4,7H,5-6,11H2,1-2H3. The fraction of sp³-hybridized carbons (Fsp3) is 0.400. The van der Waals surface area contributed by atoms with Gasteiger partial charge in [0.25, 0.3) is 0 Å². The second-order valence-electron chi connectivity index (χ2n) is 3.42. The van der Waals surface area contributed by atoms with Crippen molar-refractivity contribution in [3.63, 3.8) is 0 Å². The lowest BCUT2D eigenvalue weighted by atomic mass is 10.1. The van der Waals surface area contributed by atoms with Gasteiger partial charge in [-0.05, 0) is 31.5 Å². The molecule has 1 aromatic rings. The minimum Gasteiger partial charge on any atom is -0.330 e. The summed E-state index contributed by atoms with van der Waals surface area (Å²) in [4.78, 5) is 0.397. The van der Waals surface area contributed by atoms with Crippen molar-refractivity contribution in [1.82, 2.24) is 0 Å². The lowest BCUT2D eigenvalue weighted by molar-refractivity contribution is 0.600. The first-order valence-electron chi connectivity index (χ1n) is 4.45. The van der Waals surface area contributed by atoms with Gasteiger partial charge < -0.3 is 5.73 Å². The van der Waals surface area contributed by atoms with Crippen LogP contribution in [0.1, 0.15) is 11.1 Å². The molecule has 2 N–H and O–H groups in total. The van der Waals surface area contributed by atoms with Crippen LogP contribution in [0.4, 0.5) is 0 Å². The van der Waals surface area contributed by atoms with Crippen LogP contribution < -0.4 is 5.73 Å². The Morgan fingerprint density at radius 1 is 1.36 bits per heavy atom. The van der Waals surface area contributed by atoms with Crippen molar-refractivity contribution in [1.29, 1.82) is 0 Å². The molecule has 3 nitrogen and oxygen atoms in total. The first kappa shape index (κ1) is 11.2. The van der Waals surface area contributed by atoms with Gasteiger partial charge >= 0.3 is 0 Å². The summed E-state index contributed by atoms with van der Waals surface area (Å²) in [6.07, 6.45) is 1.82. The monoisotopic (exact) mass is 213 g/mol. The van der Waals surface area contributed by atoms with Crippen LogP contribution in [0.25, 0.3) is 0 Å². The Labute approximate surface area is 84.9 Å². The van der Waals surface area contributed by atoms with E-state index in [2.05, 4.69) is 0 Å². The molecule has 0 aliphatic heterocycles. The highest BCUT2D eigenvalue weighted by molar-refractivity contribution is 7.90. The lowest BCUT2D eigenvalue weighted by Crippen LogP contribution is -2.08. The van der Waals surface area contributed by atoms with Crippen molar-refractivity contribution >= 4 is 9.84 Å². The maximum Gasteiger partial charge on any atom is 0.175 e. The van der Waals surface area contributed by atoms with E-state index in [1.54, 1.807) is 12.1 Å². The molecular formula is C10H15NO2S. The molecule has 0 aliphatic carbocycles. The van der Waals surface area contributed by atoms with E-state index in [0.29, 0.717) is 17.9 Å². The van der Waals surface area contributed by atoms with E-state index in [1.807, 2.05) is 13.0 Å². The molecule has 0 heterocycles. The molecule has 0 amide bonds. The SMILES string of the molecule is Cc1ccc(S(C)(=O)=O)c(CCN)c1. The fourth-order valence-corrected chi connectivity index (χ4v) is 2.37. The van der Waals surface area contributed by atoms with Crippen molar-refractivity contribution < 1.29 is 8.42 Å². The van der Waals surface area contributed by atoms with Crippen LogP contribution in [-0.4, -0.2) is 21.2 Å². The third-order valence-corrected chi connectivity index (χ3v) is 3.23. The highest BCUT2D eigenvalue weighted by Crippen LogP contribution is 2.17.